The maximum absolute atomic E-state index is 3.72. The molecule has 4 heterocycles. The molecule has 130 valence electrons. The molecule has 1 aromatic carbocycles. The lowest BCUT2D eigenvalue weighted by atomic mass is 10.2. The first kappa shape index (κ1) is 18.5. The van der Waals surface area contributed by atoms with E-state index in [4.69, 9.17) is 0 Å². The summed E-state index contributed by atoms with van der Waals surface area (Å²) in [5.41, 5.74) is 0. The molecular weight excluding hydrogens is 326 g/mol. The lowest BCUT2D eigenvalue weighted by Gasteiger charge is -1.81. The molecule has 0 spiro atoms. The minimum atomic E-state index is 1.28. The Labute approximate surface area is 151 Å². The van der Waals surface area contributed by atoms with Gasteiger partial charge in [-0.05, 0) is 29.0 Å². The molecule has 0 aliphatic heterocycles. The maximum Gasteiger partial charge on any atom is 0.0496 e. The van der Waals surface area contributed by atoms with E-state index in [1.165, 1.54) is 10.8 Å². The summed E-state index contributed by atoms with van der Waals surface area (Å²) in [6.45, 7) is 0. The SMILES string of the molecule is c1ccc2c[nH]cc2c1.c1ccnnc1.c1cn[nH]c1.c1cnccn1. The molecule has 0 aliphatic rings. The molecule has 0 fully saturated rings. The van der Waals surface area contributed by atoms with Gasteiger partial charge in [0, 0.05) is 62.0 Å². The van der Waals surface area contributed by atoms with Gasteiger partial charge in [0.05, 0.1) is 0 Å². The highest BCUT2D eigenvalue weighted by atomic mass is 15.1. The van der Waals surface area contributed by atoms with Crippen LogP contribution < -0.4 is 0 Å². The number of nitrogens with one attached hydrogen (secondary N) is 2. The molecule has 26 heavy (non-hydrogen) atoms. The van der Waals surface area contributed by atoms with Crippen LogP contribution in [-0.2, 0) is 0 Å². The zero-order valence-electron chi connectivity index (χ0n) is 14.1. The van der Waals surface area contributed by atoms with Crippen LogP contribution in [0.4, 0.5) is 0 Å². The molecule has 0 saturated carbocycles. The number of aromatic nitrogens is 7. The number of nitrogens with zero attached hydrogens (tertiary/aromatic N) is 5. The van der Waals surface area contributed by atoms with Gasteiger partial charge in [0.1, 0.15) is 0 Å². The summed E-state index contributed by atoms with van der Waals surface area (Å²) >= 11 is 0. The van der Waals surface area contributed by atoms with Crippen molar-refractivity contribution in [1.29, 1.82) is 0 Å². The fourth-order valence-electron chi connectivity index (χ4n) is 1.72. The molecule has 0 bridgehead atoms. The predicted octanol–water partition coefficient (Wildman–Crippen LogP) is 3.53. The quantitative estimate of drug-likeness (QED) is 0.447. The number of aromatic amines is 2. The van der Waals surface area contributed by atoms with Crippen molar-refractivity contribution in [3.63, 3.8) is 0 Å². The Kier molecular flexibility index (Phi) is 8.91. The Morgan fingerprint density at radius 1 is 0.577 bits per heavy atom. The molecule has 0 radical (unpaired) electrons. The molecule has 0 saturated heterocycles. The van der Waals surface area contributed by atoms with Gasteiger partial charge >= 0.3 is 0 Å². The number of rotatable bonds is 0. The Bertz CT molecular complexity index is 759. The molecule has 0 unspecified atom stereocenters. The third-order valence-corrected chi connectivity index (χ3v) is 2.84. The summed E-state index contributed by atoms with van der Waals surface area (Å²) in [5.74, 6) is 0. The summed E-state index contributed by atoms with van der Waals surface area (Å²) in [6.07, 6.45) is 17.3. The van der Waals surface area contributed by atoms with Gasteiger partial charge in [-0.3, -0.25) is 15.1 Å². The molecule has 5 aromatic rings. The van der Waals surface area contributed by atoms with Gasteiger partial charge in [-0.1, -0.05) is 24.3 Å². The molecule has 0 amide bonds. The van der Waals surface area contributed by atoms with E-state index in [-0.39, 0.29) is 0 Å². The van der Waals surface area contributed by atoms with E-state index in [0.717, 1.165) is 0 Å². The third kappa shape index (κ3) is 8.11. The lowest BCUT2D eigenvalue weighted by molar-refractivity contribution is 1.03. The van der Waals surface area contributed by atoms with Crippen molar-refractivity contribution in [3.05, 3.63) is 104 Å². The summed E-state index contributed by atoms with van der Waals surface area (Å²) in [4.78, 5) is 10.5. The Balaban J connectivity index is 0.000000128. The molecule has 4 aromatic heterocycles. The van der Waals surface area contributed by atoms with Crippen LogP contribution >= 0.6 is 0 Å². The van der Waals surface area contributed by atoms with Gasteiger partial charge < -0.3 is 4.98 Å². The summed E-state index contributed by atoms with van der Waals surface area (Å²) in [7, 11) is 0. The number of hydrogen-bond donors (Lipinski definition) is 2. The van der Waals surface area contributed by atoms with Crippen molar-refractivity contribution in [1.82, 2.24) is 35.3 Å². The fourth-order valence-corrected chi connectivity index (χ4v) is 1.72. The topological polar surface area (TPSA) is 96.0 Å². The first-order valence-corrected chi connectivity index (χ1v) is 7.84. The lowest BCUT2D eigenvalue weighted by Crippen LogP contribution is -1.69. The number of H-pyrrole nitrogens is 2. The largest absolute Gasteiger partial charge is 0.366 e. The Morgan fingerprint density at radius 2 is 1.15 bits per heavy atom. The Morgan fingerprint density at radius 3 is 1.46 bits per heavy atom. The van der Waals surface area contributed by atoms with Crippen LogP contribution in [-0.4, -0.2) is 35.3 Å². The average Bonchev–Trinajstić information content (AvgIpc) is 3.46. The molecule has 7 nitrogen and oxygen atoms in total. The van der Waals surface area contributed by atoms with Crippen molar-refractivity contribution in [2.75, 3.05) is 0 Å². The smallest absolute Gasteiger partial charge is 0.0496 e. The van der Waals surface area contributed by atoms with Gasteiger partial charge in [-0.25, -0.2) is 0 Å². The van der Waals surface area contributed by atoms with Crippen molar-refractivity contribution < 1.29 is 0 Å². The maximum atomic E-state index is 3.72. The van der Waals surface area contributed by atoms with Crippen molar-refractivity contribution in [2.45, 2.75) is 0 Å². The molecule has 0 atom stereocenters. The minimum Gasteiger partial charge on any atom is -0.366 e. The second-order valence-electron chi connectivity index (χ2n) is 4.66. The number of fused-ring (bicyclic) bond motifs is 1. The Hall–Kier alpha value is -3.87. The monoisotopic (exact) mass is 345 g/mol. The third-order valence-electron chi connectivity index (χ3n) is 2.84. The van der Waals surface area contributed by atoms with Crippen LogP contribution in [0.3, 0.4) is 0 Å². The van der Waals surface area contributed by atoms with E-state index in [1.54, 1.807) is 49.6 Å². The number of benzene rings is 1. The van der Waals surface area contributed by atoms with Crippen LogP contribution in [0.1, 0.15) is 0 Å². The molecule has 2 N–H and O–H groups in total. The van der Waals surface area contributed by atoms with Gasteiger partial charge in [0.25, 0.3) is 0 Å². The van der Waals surface area contributed by atoms with Gasteiger partial charge in [0.2, 0.25) is 0 Å². The van der Waals surface area contributed by atoms with E-state index in [0.29, 0.717) is 0 Å². The van der Waals surface area contributed by atoms with E-state index < -0.39 is 0 Å². The van der Waals surface area contributed by atoms with E-state index in [1.807, 2.05) is 42.7 Å². The molecule has 0 aliphatic carbocycles. The standard InChI is InChI=1S/C8H7N.2C4H4N2.C3H4N2/c1-2-4-8-6-9-5-7(8)3-1;1-2-6-4-3-5-1;1-2-4-6-5-3-1;1-2-4-5-3-1/h1-6,9H;2*1-4H;1-3H,(H,4,5). The van der Waals surface area contributed by atoms with Gasteiger partial charge in [0.15, 0.2) is 0 Å². The van der Waals surface area contributed by atoms with Crippen molar-refractivity contribution in [3.8, 4) is 0 Å². The van der Waals surface area contributed by atoms with Gasteiger partial charge in [-0.15, -0.1) is 0 Å². The highest BCUT2D eigenvalue weighted by Gasteiger charge is 1.86. The molecular formula is C19H19N7. The minimum absolute atomic E-state index is 1.28. The van der Waals surface area contributed by atoms with Crippen LogP contribution in [0, 0.1) is 0 Å². The second-order valence-corrected chi connectivity index (χ2v) is 4.66. The molecule has 5 rings (SSSR count). The predicted molar refractivity (Wildman–Crippen MR) is 101 cm³/mol. The average molecular weight is 345 g/mol. The summed E-state index contributed by atoms with van der Waals surface area (Å²) in [6, 6.07) is 13.7. The van der Waals surface area contributed by atoms with Crippen LogP contribution in [0.2, 0.25) is 0 Å². The van der Waals surface area contributed by atoms with E-state index >= 15 is 0 Å². The number of hydrogen-bond acceptors (Lipinski definition) is 5. The first-order valence-electron chi connectivity index (χ1n) is 7.84. The zero-order chi connectivity index (χ0) is 18.1. The van der Waals surface area contributed by atoms with Gasteiger partial charge in [-0.2, -0.15) is 15.3 Å². The first-order chi connectivity index (χ1) is 13.0. The van der Waals surface area contributed by atoms with Crippen molar-refractivity contribution in [2.24, 2.45) is 0 Å². The van der Waals surface area contributed by atoms with Crippen LogP contribution in [0.5, 0.6) is 0 Å². The van der Waals surface area contributed by atoms with E-state index in [9.17, 15) is 0 Å². The highest BCUT2D eigenvalue weighted by molar-refractivity contribution is 5.81. The summed E-state index contributed by atoms with van der Waals surface area (Å²) in [5, 5.41) is 15.8. The van der Waals surface area contributed by atoms with E-state index in [2.05, 4.69) is 47.5 Å². The van der Waals surface area contributed by atoms with Crippen LogP contribution in [0.25, 0.3) is 10.8 Å². The zero-order valence-corrected chi connectivity index (χ0v) is 14.1. The van der Waals surface area contributed by atoms with Crippen LogP contribution in [0.15, 0.2) is 104 Å². The fraction of sp³-hybridized carbons (Fsp3) is 0. The second kappa shape index (κ2) is 12.5. The van der Waals surface area contributed by atoms with Crippen molar-refractivity contribution >= 4 is 10.8 Å². The molecule has 7 heteroatoms. The highest BCUT2D eigenvalue weighted by Crippen LogP contribution is 2.10. The normalized spacial score (nSPS) is 8.77. The summed E-state index contributed by atoms with van der Waals surface area (Å²) < 4.78 is 0.